The van der Waals surface area contributed by atoms with E-state index in [9.17, 15) is 9.59 Å². The second-order valence-corrected chi connectivity index (χ2v) is 7.36. The fraction of sp³-hybridized carbons (Fsp3) is 0.857. The smallest absolute Gasteiger partial charge is 0.410 e. The molecule has 0 spiro atoms. The van der Waals surface area contributed by atoms with E-state index in [1.54, 1.807) is 4.90 Å². The van der Waals surface area contributed by atoms with Gasteiger partial charge in [0, 0.05) is 37.3 Å². The molecule has 5 nitrogen and oxygen atoms in total. The molecule has 0 aromatic rings. The summed E-state index contributed by atoms with van der Waals surface area (Å²) in [5.41, 5.74) is -0.482. The molecule has 0 radical (unpaired) electrons. The largest absolute Gasteiger partial charge is 0.444 e. The minimum Gasteiger partial charge on any atom is -0.444 e. The molecule has 2 atom stereocenters. The number of amides is 2. The molecule has 2 rings (SSSR count). The highest BCUT2D eigenvalue weighted by atomic mass is 32.1. The lowest BCUT2D eigenvalue weighted by Crippen LogP contribution is -2.51. The predicted molar refractivity (Wildman–Crippen MR) is 79.9 cm³/mol. The Morgan fingerprint density at radius 1 is 1.35 bits per heavy atom. The second-order valence-electron chi connectivity index (χ2n) is 6.63. The number of thiol groups is 1. The van der Waals surface area contributed by atoms with Gasteiger partial charge in [-0.15, -0.1) is 0 Å². The average Bonchev–Trinajstić information content (AvgIpc) is 2.66. The van der Waals surface area contributed by atoms with E-state index in [-0.39, 0.29) is 23.3 Å². The summed E-state index contributed by atoms with van der Waals surface area (Å²) in [4.78, 5) is 27.6. The first kappa shape index (κ1) is 15.5. The van der Waals surface area contributed by atoms with E-state index < -0.39 is 5.60 Å². The molecule has 2 aliphatic heterocycles. The molecule has 0 aromatic heterocycles. The molecule has 2 heterocycles. The SMILES string of the molecule is CC(C)(C)OC(=O)N1CCCC(N2CC(S)CC2=O)C1. The Hall–Kier alpha value is -0.910. The monoisotopic (exact) mass is 300 g/mol. The van der Waals surface area contributed by atoms with Gasteiger partial charge >= 0.3 is 6.09 Å². The van der Waals surface area contributed by atoms with Crippen molar-refractivity contribution in [3.63, 3.8) is 0 Å². The highest BCUT2D eigenvalue weighted by Gasteiger charge is 2.36. The van der Waals surface area contributed by atoms with Crippen molar-refractivity contribution < 1.29 is 14.3 Å². The molecule has 2 aliphatic rings. The Balaban J connectivity index is 1.95. The lowest BCUT2D eigenvalue weighted by atomic mass is 10.0. The van der Waals surface area contributed by atoms with Crippen LogP contribution in [0.5, 0.6) is 0 Å². The summed E-state index contributed by atoms with van der Waals surface area (Å²) < 4.78 is 5.40. The Bertz CT molecular complexity index is 394. The average molecular weight is 300 g/mol. The fourth-order valence-electron chi connectivity index (χ4n) is 2.77. The molecule has 2 amide bonds. The van der Waals surface area contributed by atoms with E-state index in [1.165, 1.54) is 0 Å². The van der Waals surface area contributed by atoms with Gasteiger partial charge < -0.3 is 14.5 Å². The van der Waals surface area contributed by atoms with Crippen LogP contribution >= 0.6 is 12.6 Å². The summed E-state index contributed by atoms with van der Waals surface area (Å²) >= 11 is 4.38. The first-order chi connectivity index (χ1) is 9.26. The highest BCUT2D eigenvalue weighted by molar-refractivity contribution is 7.81. The fourth-order valence-corrected chi connectivity index (χ4v) is 3.10. The normalized spacial score (nSPS) is 27.9. The number of hydrogen-bond acceptors (Lipinski definition) is 4. The van der Waals surface area contributed by atoms with Crippen LogP contribution < -0.4 is 0 Å². The van der Waals surface area contributed by atoms with Crippen molar-refractivity contribution in [3.05, 3.63) is 0 Å². The standard InChI is InChI=1S/C14H24N2O3S/c1-14(2,3)19-13(18)15-6-4-5-10(8-15)16-9-11(20)7-12(16)17/h10-11,20H,4-9H2,1-3H3. The third-order valence-corrected chi connectivity index (χ3v) is 3.97. The van der Waals surface area contributed by atoms with Crippen molar-refractivity contribution in [1.82, 2.24) is 9.80 Å². The Morgan fingerprint density at radius 3 is 2.60 bits per heavy atom. The van der Waals surface area contributed by atoms with Crippen molar-refractivity contribution in [3.8, 4) is 0 Å². The second kappa shape index (κ2) is 5.84. The van der Waals surface area contributed by atoms with E-state index in [2.05, 4.69) is 12.6 Å². The van der Waals surface area contributed by atoms with Gasteiger partial charge in [0.15, 0.2) is 0 Å². The van der Waals surface area contributed by atoms with Crippen LogP contribution in [0.1, 0.15) is 40.0 Å². The van der Waals surface area contributed by atoms with Crippen LogP contribution in [0.2, 0.25) is 0 Å². The van der Waals surface area contributed by atoms with E-state index in [0.717, 1.165) is 12.8 Å². The number of hydrogen-bond donors (Lipinski definition) is 1. The lowest BCUT2D eigenvalue weighted by molar-refractivity contribution is -0.130. The third-order valence-electron chi connectivity index (χ3n) is 3.63. The molecule has 6 heteroatoms. The lowest BCUT2D eigenvalue weighted by Gasteiger charge is -2.38. The van der Waals surface area contributed by atoms with E-state index >= 15 is 0 Å². The van der Waals surface area contributed by atoms with Gasteiger partial charge in [-0.3, -0.25) is 4.79 Å². The van der Waals surface area contributed by atoms with Crippen LogP contribution in [0.4, 0.5) is 4.79 Å². The molecule has 2 unspecified atom stereocenters. The van der Waals surface area contributed by atoms with Crippen molar-refractivity contribution in [2.24, 2.45) is 0 Å². The Morgan fingerprint density at radius 2 is 2.05 bits per heavy atom. The number of rotatable bonds is 1. The zero-order chi connectivity index (χ0) is 14.9. The van der Waals surface area contributed by atoms with E-state index in [4.69, 9.17) is 4.74 Å². The van der Waals surface area contributed by atoms with Gasteiger partial charge in [-0.05, 0) is 33.6 Å². The van der Waals surface area contributed by atoms with Crippen LogP contribution in [0, 0.1) is 0 Å². The van der Waals surface area contributed by atoms with Crippen LogP contribution in [0.15, 0.2) is 0 Å². The maximum absolute atomic E-state index is 12.1. The number of likely N-dealkylation sites (tertiary alicyclic amines) is 2. The number of piperidine rings is 1. The maximum Gasteiger partial charge on any atom is 0.410 e. The molecule has 0 saturated carbocycles. The quantitative estimate of drug-likeness (QED) is 0.753. The molecule has 0 aliphatic carbocycles. The zero-order valence-electron chi connectivity index (χ0n) is 12.5. The Kier molecular flexibility index (Phi) is 4.52. The van der Waals surface area contributed by atoms with E-state index in [0.29, 0.717) is 26.1 Å². The highest BCUT2D eigenvalue weighted by Crippen LogP contribution is 2.24. The molecule has 0 N–H and O–H groups in total. The minimum atomic E-state index is -0.482. The van der Waals surface area contributed by atoms with E-state index in [1.807, 2.05) is 25.7 Å². The summed E-state index contributed by atoms with van der Waals surface area (Å²) in [6, 6.07) is 0.112. The van der Waals surface area contributed by atoms with Crippen molar-refractivity contribution >= 4 is 24.6 Å². The zero-order valence-corrected chi connectivity index (χ0v) is 13.4. The van der Waals surface area contributed by atoms with Gasteiger partial charge in [-0.1, -0.05) is 0 Å². The molecule has 0 bridgehead atoms. The summed E-state index contributed by atoms with van der Waals surface area (Å²) in [5.74, 6) is 0.154. The minimum absolute atomic E-state index is 0.112. The summed E-state index contributed by atoms with van der Waals surface area (Å²) in [5, 5.41) is 0.124. The van der Waals surface area contributed by atoms with Gasteiger partial charge in [0.2, 0.25) is 5.91 Å². The van der Waals surface area contributed by atoms with Crippen LogP contribution in [-0.2, 0) is 9.53 Å². The number of carbonyl (C=O) groups is 2. The molecule has 0 aromatic carbocycles. The van der Waals surface area contributed by atoms with Gasteiger partial charge in [-0.25, -0.2) is 4.79 Å². The molecular weight excluding hydrogens is 276 g/mol. The molecular formula is C14H24N2O3S. The molecule has 2 fully saturated rings. The maximum atomic E-state index is 12.1. The van der Waals surface area contributed by atoms with Gasteiger partial charge in [0.1, 0.15) is 5.60 Å². The van der Waals surface area contributed by atoms with Crippen LogP contribution in [0.25, 0.3) is 0 Å². The topological polar surface area (TPSA) is 49.9 Å². The first-order valence-corrected chi connectivity index (χ1v) is 7.73. The van der Waals surface area contributed by atoms with Crippen molar-refractivity contribution in [2.45, 2.75) is 56.9 Å². The summed E-state index contributed by atoms with van der Waals surface area (Å²) in [7, 11) is 0. The number of nitrogens with zero attached hydrogens (tertiary/aromatic N) is 2. The molecule has 20 heavy (non-hydrogen) atoms. The number of ether oxygens (including phenoxy) is 1. The van der Waals surface area contributed by atoms with Crippen LogP contribution in [-0.4, -0.2) is 58.3 Å². The summed E-state index contributed by atoms with van der Waals surface area (Å²) in [6.45, 7) is 7.55. The van der Waals surface area contributed by atoms with Crippen LogP contribution in [0.3, 0.4) is 0 Å². The molecule has 2 saturated heterocycles. The van der Waals surface area contributed by atoms with Crippen molar-refractivity contribution in [2.75, 3.05) is 19.6 Å². The van der Waals surface area contributed by atoms with Gasteiger partial charge in [-0.2, -0.15) is 12.6 Å². The third kappa shape index (κ3) is 3.81. The first-order valence-electron chi connectivity index (χ1n) is 7.22. The van der Waals surface area contributed by atoms with Gasteiger partial charge in [0.25, 0.3) is 0 Å². The van der Waals surface area contributed by atoms with Gasteiger partial charge in [0.05, 0.1) is 0 Å². The predicted octanol–water partition coefficient (Wildman–Crippen LogP) is 1.92. The summed E-state index contributed by atoms with van der Waals surface area (Å²) in [6.07, 6.45) is 2.08. The Labute approximate surface area is 126 Å². The number of carbonyl (C=O) groups excluding carboxylic acids is 2. The van der Waals surface area contributed by atoms with Crippen molar-refractivity contribution in [1.29, 1.82) is 0 Å². The molecule has 114 valence electrons.